The molecule has 2 heterocycles. The highest BCUT2D eigenvalue weighted by Crippen LogP contribution is 2.27. The topological polar surface area (TPSA) is 98.8 Å². The third-order valence-electron chi connectivity index (χ3n) is 5.44. The molecule has 0 saturated carbocycles. The van der Waals surface area contributed by atoms with E-state index in [2.05, 4.69) is 28.8 Å². The molecule has 2 aliphatic rings. The molecule has 26 heavy (non-hydrogen) atoms. The van der Waals surface area contributed by atoms with Crippen molar-refractivity contribution in [3.8, 4) is 0 Å². The number of nitrogens with zero attached hydrogens (tertiary/aromatic N) is 2. The largest absolute Gasteiger partial charge is 0.354 e. The molecule has 2 fully saturated rings. The number of carbonyl (C=O) groups is 2. The highest BCUT2D eigenvalue weighted by molar-refractivity contribution is 7.88. The van der Waals surface area contributed by atoms with Crippen LogP contribution in [0.2, 0.25) is 0 Å². The Labute approximate surface area is 156 Å². The van der Waals surface area contributed by atoms with Crippen molar-refractivity contribution >= 4 is 21.8 Å². The van der Waals surface area contributed by atoms with Gasteiger partial charge in [0.15, 0.2) is 0 Å². The number of piperazine rings is 1. The number of nitrogens with one attached hydrogen (secondary N) is 2. The van der Waals surface area contributed by atoms with E-state index < -0.39 is 10.0 Å². The molecule has 2 amide bonds. The van der Waals surface area contributed by atoms with Gasteiger partial charge < -0.3 is 10.2 Å². The molecular weight excluding hydrogens is 356 g/mol. The summed E-state index contributed by atoms with van der Waals surface area (Å²) >= 11 is 0. The number of rotatable bonds is 8. The number of sulfonamides is 1. The first kappa shape index (κ1) is 21.1. The first-order valence-corrected chi connectivity index (χ1v) is 11.3. The van der Waals surface area contributed by atoms with Gasteiger partial charge in [-0.05, 0) is 12.3 Å². The summed E-state index contributed by atoms with van der Waals surface area (Å²) in [4.78, 5) is 28.4. The second-order valence-corrected chi connectivity index (χ2v) is 9.34. The van der Waals surface area contributed by atoms with Crippen molar-refractivity contribution in [2.24, 2.45) is 5.92 Å². The van der Waals surface area contributed by atoms with E-state index in [1.807, 2.05) is 0 Å². The molecule has 0 radical (unpaired) electrons. The van der Waals surface area contributed by atoms with Crippen molar-refractivity contribution in [2.45, 2.75) is 58.2 Å². The van der Waals surface area contributed by atoms with Crippen LogP contribution in [0.25, 0.3) is 0 Å². The zero-order valence-electron chi connectivity index (χ0n) is 16.2. The molecule has 0 aromatic carbocycles. The van der Waals surface area contributed by atoms with Gasteiger partial charge in [0.2, 0.25) is 21.8 Å². The van der Waals surface area contributed by atoms with Crippen molar-refractivity contribution in [2.75, 3.05) is 32.4 Å². The van der Waals surface area contributed by atoms with Crippen LogP contribution in [0.15, 0.2) is 0 Å². The maximum absolute atomic E-state index is 13.1. The van der Waals surface area contributed by atoms with Gasteiger partial charge >= 0.3 is 0 Å². The normalized spacial score (nSPS) is 27.0. The van der Waals surface area contributed by atoms with E-state index >= 15 is 0 Å². The molecule has 2 aliphatic heterocycles. The van der Waals surface area contributed by atoms with E-state index in [0.29, 0.717) is 32.0 Å². The summed E-state index contributed by atoms with van der Waals surface area (Å²) < 4.78 is 25.7. The Morgan fingerprint density at radius 1 is 1.27 bits per heavy atom. The minimum absolute atomic E-state index is 0.0150. The van der Waals surface area contributed by atoms with Crippen molar-refractivity contribution in [3.63, 3.8) is 0 Å². The molecular formula is C17H32N4O4S. The van der Waals surface area contributed by atoms with Crippen LogP contribution in [0.5, 0.6) is 0 Å². The molecule has 2 rings (SSSR count). The van der Waals surface area contributed by atoms with Crippen LogP contribution in [0.4, 0.5) is 0 Å². The lowest BCUT2D eigenvalue weighted by Crippen LogP contribution is -2.63. The summed E-state index contributed by atoms with van der Waals surface area (Å²) in [5.74, 6) is 0.333. The lowest BCUT2D eigenvalue weighted by Gasteiger charge is -2.44. The van der Waals surface area contributed by atoms with Gasteiger partial charge in [-0.15, -0.1) is 0 Å². The average molecular weight is 389 g/mol. The number of hydrogen-bond acceptors (Lipinski definition) is 5. The highest BCUT2D eigenvalue weighted by Gasteiger charge is 2.45. The molecule has 2 saturated heterocycles. The van der Waals surface area contributed by atoms with Crippen LogP contribution in [0, 0.1) is 5.92 Å². The summed E-state index contributed by atoms with van der Waals surface area (Å²) in [5.41, 5.74) is 0. The smallest absolute Gasteiger partial charge is 0.242 e. The van der Waals surface area contributed by atoms with Crippen molar-refractivity contribution in [1.82, 2.24) is 19.8 Å². The van der Waals surface area contributed by atoms with Crippen molar-refractivity contribution < 1.29 is 18.0 Å². The fourth-order valence-electron chi connectivity index (χ4n) is 4.03. The molecule has 9 heteroatoms. The SMILES string of the molecule is CCC(CC)CN1C[C@@H]2C[C@H](NS(C)(=O)=O)CN2C(=O)[C@@H]1CNC(C)=O. The van der Waals surface area contributed by atoms with Gasteiger partial charge in [0, 0.05) is 45.2 Å². The number of carbonyl (C=O) groups excluding carboxylic acids is 2. The summed E-state index contributed by atoms with van der Waals surface area (Å²) in [5, 5.41) is 2.77. The quantitative estimate of drug-likeness (QED) is 0.598. The zero-order valence-corrected chi connectivity index (χ0v) is 17.0. The lowest BCUT2D eigenvalue weighted by molar-refractivity contribution is -0.144. The van der Waals surface area contributed by atoms with Crippen LogP contribution < -0.4 is 10.0 Å². The van der Waals surface area contributed by atoms with E-state index in [1.54, 1.807) is 4.90 Å². The third-order valence-corrected chi connectivity index (χ3v) is 6.20. The van der Waals surface area contributed by atoms with E-state index in [0.717, 1.165) is 25.6 Å². The standard InChI is InChI=1S/C17H32N4O4S/c1-5-13(6-2)9-20-11-15-7-14(19-26(4,24)25)10-21(15)17(23)16(20)8-18-12(3)22/h13-16,19H,5-11H2,1-4H3,(H,18,22)/t14-,15-,16-/m0/s1. The van der Waals surface area contributed by atoms with E-state index in [4.69, 9.17) is 0 Å². The summed E-state index contributed by atoms with van der Waals surface area (Å²) in [6, 6.07) is -0.606. The van der Waals surface area contributed by atoms with E-state index in [9.17, 15) is 18.0 Å². The molecule has 0 aliphatic carbocycles. The average Bonchev–Trinajstić information content (AvgIpc) is 2.92. The summed E-state index contributed by atoms with van der Waals surface area (Å²) in [6.07, 6.45) is 3.86. The van der Waals surface area contributed by atoms with Gasteiger partial charge in [0.05, 0.1) is 6.26 Å². The second kappa shape index (κ2) is 8.67. The highest BCUT2D eigenvalue weighted by atomic mass is 32.2. The zero-order chi connectivity index (χ0) is 19.5. The molecule has 8 nitrogen and oxygen atoms in total. The van der Waals surface area contributed by atoms with E-state index in [-0.39, 0.29) is 29.9 Å². The maximum atomic E-state index is 13.1. The first-order chi connectivity index (χ1) is 12.1. The van der Waals surface area contributed by atoms with Crippen LogP contribution in [-0.2, 0) is 19.6 Å². The van der Waals surface area contributed by atoms with Crippen molar-refractivity contribution in [3.05, 3.63) is 0 Å². The fraction of sp³-hybridized carbons (Fsp3) is 0.882. The van der Waals surface area contributed by atoms with Crippen molar-refractivity contribution in [1.29, 1.82) is 0 Å². The van der Waals surface area contributed by atoms with Gasteiger partial charge in [-0.2, -0.15) is 0 Å². The predicted octanol–water partition coefficient (Wildman–Crippen LogP) is -0.238. The summed E-state index contributed by atoms with van der Waals surface area (Å²) in [6.45, 7) is 7.97. The molecule has 3 atom stereocenters. The monoisotopic (exact) mass is 388 g/mol. The third kappa shape index (κ3) is 5.40. The molecule has 0 unspecified atom stereocenters. The van der Waals surface area contributed by atoms with E-state index in [1.165, 1.54) is 6.92 Å². The van der Waals surface area contributed by atoms with Crippen LogP contribution in [-0.4, -0.2) is 80.6 Å². The molecule has 0 aromatic heterocycles. The predicted molar refractivity (Wildman–Crippen MR) is 100 cm³/mol. The Hall–Kier alpha value is -1.19. The minimum Gasteiger partial charge on any atom is -0.354 e. The Kier molecular flexibility index (Phi) is 7.04. The first-order valence-electron chi connectivity index (χ1n) is 9.40. The van der Waals surface area contributed by atoms with Gasteiger partial charge in [-0.3, -0.25) is 14.5 Å². The Bertz CT molecular complexity index is 620. The number of fused-ring (bicyclic) bond motifs is 1. The van der Waals surface area contributed by atoms with Crippen LogP contribution >= 0.6 is 0 Å². The second-order valence-electron chi connectivity index (χ2n) is 7.56. The maximum Gasteiger partial charge on any atom is 0.242 e. The molecule has 2 N–H and O–H groups in total. The van der Waals surface area contributed by atoms with Gasteiger partial charge in [0.1, 0.15) is 6.04 Å². The number of hydrogen-bond donors (Lipinski definition) is 2. The minimum atomic E-state index is -3.30. The Balaban J connectivity index is 2.14. The van der Waals surface area contributed by atoms with Gasteiger partial charge in [-0.25, -0.2) is 13.1 Å². The Morgan fingerprint density at radius 3 is 2.46 bits per heavy atom. The van der Waals surface area contributed by atoms with Crippen LogP contribution in [0.3, 0.4) is 0 Å². The number of amides is 2. The molecule has 150 valence electrons. The van der Waals surface area contributed by atoms with Gasteiger partial charge in [0.25, 0.3) is 0 Å². The molecule has 0 bridgehead atoms. The fourth-order valence-corrected chi connectivity index (χ4v) is 4.81. The van der Waals surface area contributed by atoms with Gasteiger partial charge in [-0.1, -0.05) is 26.7 Å². The molecule has 0 spiro atoms. The molecule has 0 aromatic rings. The van der Waals surface area contributed by atoms with Crippen LogP contribution in [0.1, 0.15) is 40.0 Å². The Morgan fingerprint density at radius 2 is 1.92 bits per heavy atom. The summed E-state index contributed by atoms with van der Waals surface area (Å²) in [7, 11) is -3.30. The lowest BCUT2D eigenvalue weighted by atomic mass is 9.98.